The molecule has 0 atom stereocenters. The van der Waals surface area contributed by atoms with E-state index in [1.165, 1.54) is 23.7 Å². The first kappa shape index (κ1) is 13.1. The molecule has 108 valence electrons. The second kappa shape index (κ2) is 5.60. The summed E-state index contributed by atoms with van der Waals surface area (Å²) in [6.07, 6.45) is 7.83. The summed E-state index contributed by atoms with van der Waals surface area (Å²) in [4.78, 5) is 27.9. The van der Waals surface area contributed by atoms with Crippen molar-refractivity contribution in [3.8, 4) is 0 Å². The van der Waals surface area contributed by atoms with Crippen LogP contribution in [-0.4, -0.2) is 62.3 Å². The Morgan fingerprint density at radius 3 is 2.75 bits per heavy atom. The normalized spacial score (nSPS) is 20.7. The lowest BCUT2D eigenvalue weighted by Gasteiger charge is -2.37. The first-order chi connectivity index (χ1) is 9.74. The maximum Gasteiger partial charge on any atom is 0.244 e. The first-order valence-electron chi connectivity index (χ1n) is 7.15. The molecule has 7 nitrogen and oxygen atoms in total. The molecule has 1 saturated carbocycles. The zero-order valence-corrected chi connectivity index (χ0v) is 11.4. The molecule has 7 heteroatoms. The summed E-state index contributed by atoms with van der Waals surface area (Å²) in [5.41, 5.74) is 0. The number of carbonyl (C=O) groups is 2. The Labute approximate surface area is 117 Å². The molecule has 2 aliphatic rings. The molecule has 3 rings (SSSR count). The number of nitrogens with zero attached hydrogens (tertiary/aromatic N) is 5. The lowest BCUT2D eigenvalue weighted by Crippen LogP contribution is -2.55. The predicted octanol–water partition coefficient (Wildman–Crippen LogP) is -0.109. The van der Waals surface area contributed by atoms with Crippen molar-refractivity contribution in [1.82, 2.24) is 24.8 Å². The fraction of sp³-hybridized carbons (Fsp3) is 0.692. The molecule has 20 heavy (non-hydrogen) atoms. The third-order valence-electron chi connectivity index (χ3n) is 4.14. The van der Waals surface area contributed by atoms with Gasteiger partial charge < -0.3 is 9.80 Å². The molecular formula is C13H19N5O2. The molecule has 2 fully saturated rings. The SMILES string of the molecule is O=C(Cn1ccnn1)N1CCN(C2CCCC2)C(=O)C1. The van der Waals surface area contributed by atoms with Gasteiger partial charge in [-0.1, -0.05) is 18.1 Å². The summed E-state index contributed by atoms with van der Waals surface area (Å²) < 4.78 is 1.48. The van der Waals surface area contributed by atoms with E-state index in [1.54, 1.807) is 11.1 Å². The smallest absolute Gasteiger partial charge is 0.244 e. The van der Waals surface area contributed by atoms with E-state index in [4.69, 9.17) is 0 Å². The minimum absolute atomic E-state index is 0.0741. The van der Waals surface area contributed by atoms with Gasteiger partial charge >= 0.3 is 0 Å². The first-order valence-corrected chi connectivity index (χ1v) is 7.15. The van der Waals surface area contributed by atoms with E-state index in [0.29, 0.717) is 19.1 Å². The highest BCUT2D eigenvalue weighted by Gasteiger charge is 2.32. The zero-order chi connectivity index (χ0) is 13.9. The van der Waals surface area contributed by atoms with Crippen LogP contribution >= 0.6 is 0 Å². The van der Waals surface area contributed by atoms with Gasteiger partial charge in [-0.05, 0) is 12.8 Å². The molecule has 0 aromatic carbocycles. The van der Waals surface area contributed by atoms with Crippen molar-refractivity contribution >= 4 is 11.8 Å². The van der Waals surface area contributed by atoms with Crippen molar-refractivity contribution in [2.75, 3.05) is 19.6 Å². The van der Waals surface area contributed by atoms with E-state index in [2.05, 4.69) is 10.3 Å². The van der Waals surface area contributed by atoms with Gasteiger partial charge in [0.1, 0.15) is 6.54 Å². The maximum absolute atomic E-state index is 12.2. The molecule has 1 aliphatic heterocycles. The van der Waals surface area contributed by atoms with Gasteiger partial charge in [-0.25, -0.2) is 4.68 Å². The molecule has 1 aromatic rings. The van der Waals surface area contributed by atoms with Crippen molar-refractivity contribution in [1.29, 1.82) is 0 Å². The van der Waals surface area contributed by atoms with Crippen molar-refractivity contribution < 1.29 is 9.59 Å². The fourth-order valence-electron chi connectivity index (χ4n) is 3.06. The van der Waals surface area contributed by atoms with Crippen LogP contribution in [0.3, 0.4) is 0 Å². The Morgan fingerprint density at radius 2 is 2.10 bits per heavy atom. The molecule has 0 bridgehead atoms. The fourth-order valence-corrected chi connectivity index (χ4v) is 3.06. The summed E-state index contributed by atoms with van der Waals surface area (Å²) in [5.74, 6) is 0.00464. The van der Waals surface area contributed by atoms with Gasteiger partial charge in [0.05, 0.1) is 12.7 Å². The van der Waals surface area contributed by atoms with Crippen molar-refractivity contribution in [3.05, 3.63) is 12.4 Å². The number of carbonyl (C=O) groups excluding carboxylic acids is 2. The average Bonchev–Trinajstić information content (AvgIpc) is 3.11. The Bertz CT molecular complexity index is 481. The quantitative estimate of drug-likeness (QED) is 0.773. The van der Waals surface area contributed by atoms with Crippen LogP contribution in [0.2, 0.25) is 0 Å². The highest BCUT2D eigenvalue weighted by molar-refractivity contribution is 5.86. The Morgan fingerprint density at radius 1 is 1.30 bits per heavy atom. The molecule has 2 amide bonds. The molecule has 1 aromatic heterocycles. The third kappa shape index (κ3) is 2.66. The summed E-state index contributed by atoms with van der Waals surface area (Å²) >= 11 is 0. The number of aromatic nitrogens is 3. The summed E-state index contributed by atoms with van der Waals surface area (Å²) in [6.45, 7) is 1.63. The molecule has 0 unspecified atom stereocenters. The monoisotopic (exact) mass is 277 g/mol. The van der Waals surface area contributed by atoms with Crippen LogP contribution in [0.15, 0.2) is 12.4 Å². The van der Waals surface area contributed by atoms with Gasteiger partial charge in [0.15, 0.2) is 0 Å². The summed E-state index contributed by atoms with van der Waals surface area (Å²) in [5, 5.41) is 7.44. The second-order valence-electron chi connectivity index (χ2n) is 5.44. The van der Waals surface area contributed by atoms with Gasteiger partial charge in [-0.2, -0.15) is 0 Å². The highest BCUT2D eigenvalue weighted by atomic mass is 16.2. The van der Waals surface area contributed by atoms with Crippen LogP contribution in [0, 0.1) is 0 Å². The number of piperazine rings is 1. The van der Waals surface area contributed by atoms with E-state index in [0.717, 1.165) is 12.8 Å². The Hall–Kier alpha value is -1.92. The standard InChI is InChI=1S/C13H19N5O2/c19-12(10-17-6-5-14-15-17)16-7-8-18(13(20)9-16)11-3-1-2-4-11/h5-6,11H,1-4,7-10H2. The van der Waals surface area contributed by atoms with Gasteiger partial charge in [-0.15, -0.1) is 5.10 Å². The minimum Gasteiger partial charge on any atom is -0.336 e. The zero-order valence-electron chi connectivity index (χ0n) is 11.4. The topological polar surface area (TPSA) is 71.3 Å². The van der Waals surface area contributed by atoms with Gasteiger partial charge in [0.25, 0.3) is 0 Å². The van der Waals surface area contributed by atoms with E-state index in [1.807, 2.05) is 4.90 Å². The predicted molar refractivity (Wildman–Crippen MR) is 70.6 cm³/mol. The van der Waals surface area contributed by atoms with Gasteiger partial charge in [0, 0.05) is 25.3 Å². The summed E-state index contributed by atoms with van der Waals surface area (Å²) in [6, 6.07) is 0.398. The number of amides is 2. The van der Waals surface area contributed by atoms with Crippen LogP contribution in [0.1, 0.15) is 25.7 Å². The van der Waals surface area contributed by atoms with Crippen LogP contribution in [0.5, 0.6) is 0 Å². The Balaban J connectivity index is 1.56. The molecule has 0 spiro atoms. The van der Waals surface area contributed by atoms with Crippen LogP contribution in [0.4, 0.5) is 0 Å². The molecular weight excluding hydrogens is 258 g/mol. The lowest BCUT2D eigenvalue weighted by atomic mass is 10.1. The van der Waals surface area contributed by atoms with Gasteiger partial charge in [0.2, 0.25) is 11.8 Å². The molecule has 1 saturated heterocycles. The van der Waals surface area contributed by atoms with Crippen molar-refractivity contribution in [3.63, 3.8) is 0 Å². The van der Waals surface area contributed by atoms with Gasteiger partial charge in [-0.3, -0.25) is 9.59 Å². The van der Waals surface area contributed by atoms with Crippen LogP contribution in [-0.2, 0) is 16.1 Å². The molecule has 0 radical (unpaired) electrons. The van der Waals surface area contributed by atoms with Crippen LogP contribution in [0.25, 0.3) is 0 Å². The number of rotatable bonds is 3. The second-order valence-corrected chi connectivity index (χ2v) is 5.44. The lowest BCUT2D eigenvalue weighted by molar-refractivity contribution is -0.147. The largest absolute Gasteiger partial charge is 0.336 e. The van der Waals surface area contributed by atoms with Crippen molar-refractivity contribution in [2.24, 2.45) is 0 Å². The minimum atomic E-state index is -0.0741. The van der Waals surface area contributed by atoms with E-state index in [-0.39, 0.29) is 24.9 Å². The van der Waals surface area contributed by atoms with E-state index in [9.17, 15) is 9.59 Å². The maximum atomic E-state index is 12.2. The third-order valence-corrected chi connectivity index (χ3v) is 4.14. The molecule has 2 heterocycles. The molecule has 1 aliphatic carbocycles. The summed E-state index contributed by atoms with van der Waals surface area (Å²) in [7, 11) is 0. The van der Waals surface area contributed by atoms with Crippen LogP contribution < -0.4 is 0 Å². The highest BCUT2D eigenvalue weighted by Crippen LogP contribution is 2.24. The Kier molecular flexibility index (Phi) is 3.66. The van der Waals surface area contributed by atoms with E-state index >= 15 is 0 Å². The van der Waals surface area contributed by atoms with Crippen molar-refractivity contribution in [2.45, 2.75) is 38.3 Å². The molecule has 0 N–H and O–H groups in total. The van der Waals surface area contributed by atoms with E-state index < -0.39 is 0 Å². The number of hydrogen-bond donors (Lipinski definition) is 0. The average molecular weight is 277 g/mol. The number of hydrogen-bond acceptors (Lipinski definition) is 4.